The van der Waals surface area contributed by atoms with E-state index in [4.69, 9.17) is 25.1 Å². The maximum atomic E-state index is 9.75. The standard InChI is InChI=1S/C11H23NO10/c1-20-3(4(13)6(15)9(12)18)2-21-11-8(17)5(14)7(16)10(19)22-11/h3-11,13-19H,2,12H2,1H3. The van der Waals surface area contributed by atoms with Crippen molar-refractivity contribution in [3.63, 3.8) is 0 Å². The van der Waals surface area contributed by atoms with E-state index in [1.54, 1.807) is 0 Å². The lowest BCUT2D eigenvalue weighted by Gasteiger charge is -2.38. The monoisotopic (exact) mass is 329 g/mol. The Balaban J connectivity index is 2.59. The molecule has 0 aromatic rings. The van der Waals surface area contributed by atoms with Crippen LogP contribution in [0.1, 0.15) is 0 Å². The first-order valence-electron chi connectivity index (χ1n) is 6.52. The van der Waals surface area contributed by atoms with E-state index in [2.05, 4.69) is 0 Å². The highest BCUT2D eigenvalue weighted by molar-refractivity contribution is 4.85. The molecule has 1 rings (SSSR count). The van der Waals surface area contributed by atoms with Crippen LogP contribution in [0.3, 0.4) is 0 Å². The summed E-state index contributed by atoms with van der Waals surface area (Å²) in [6.07, 6.45) is -14.5. The van der Waals surface area contributed by atoms with E-state index in [1.807, 2.05) is 0 Å². The molecule has 0 bridgehead atoms. The van der Waals surface area contributed by atoms with E-state index in [1.165, 1.54) is 7.11 Å². The third kappa shape index (κ3) is 4.53. The zero-order chi connectivity index (χ0) is 17.0. The van der Waals surface area contributed by atoms with E-state index in [0.717, 1.165) is 0 Å². The summed E-state index contributed by atoms with van der Waals surface area (Å²) < 4.78 is 14.7. The molecule has 0 saturated carbocycles. The van der Waals surface area contributed by atoms with E-state index in [9.17, 15) is 30.6 Å². The number of nitrogens with two attached hydrogens (primary N) is 1. The minimum Gasteiger partial charge on any atom is -0.387 e. The van der Waals surface area contributed by atoms with Crippen LogP contribution in [-0.4, -0.2) is 105 Å². The van der Waals surface area contributed by atoms with Gasteiger partial charge in [0, 0.05) is 7.11 Å². The van der Waals surface area contributed by atoms with Gasteiger partial charge in [0.25, 0.3) is 0 Å². The first kappa shape index (κ1) is 19.6. The first-order valence-corrected chi connectivity index (χ1v) is 6.52. The zero-order valence-corrected chi connectivity index (χ0v) is 11.8. The lowest BCUT2D eigenvalue weighted by Crippen LogP contribution is -2.59. The molecule has 9 atom stereocenters. The molecule has 1 aliphatic rings. The second-order valence-corrected chi connectivity index (χ2v) is 4.95. The molecular weight excluding hydrogens is 306 g/mol. The Morgan fingerprint density at radius 2 is 1.59 bits per heavy atom. The summed E-state index contributed by atoms with van der Waals surface area (Å²) in [5, 5.41) is 66.0. The normalized spacial score (nSPS) is 38.3. The van der Waals surface area contributed by atoms with E-state index in [-0.39, 0.29) is 0 Å². The van der Waals surface area contributed by atoms with Gasteiger partial charge in [-0.05, 0) is 0 Å². The Morgan fingerprint density at radius 1 is 1.00 bits per heavy atom. The van der Waals surface area contributed by atoms with Crippen LogP contribution in [0.2, 0.25) is 0 Å². The molecule has 11 heteroatoms. The quantitative estimate of drug-likeness (QED) is 0.208. The third-order valence-electron chi connectivity index (χ3n) is 3.35. The van der Waals surface area contributed by atoms with Gasteiger partial charge in [-0.2, -0.15) is 0 Å². The molecule has 0 spiro atoms. The summed E-state index contributed by atoms with van der Waals surface area (Å²) in [6.45, 7) is -0.432. The Kier molecular flexibility index (Phi) is 7.51. The van der Waals surface area contributed by atoms with Crippen molar-refractivity contribution < 1.29 is 50.0 Å². The van der Waals surface area contributed by atoms with E-state index >= 15 is 0 Å². The molecule has 9 unspecified atom stereocenters. The average Bonchev–Trinajstić information content (AvgIpc) is 2.49. The third-order valence-corrected chi connectivity index (χ3v) is 3.35. The van der Waals surface area contributed by atoms with Gasteiger partial charge in [0.2, 0.25) is 0 Å². The molecule has 1 saturated heterocycles. The highest BCUT2D eigenvalue weighted by atomic mass is 16.7. The minimum atomic E-state index is -1.77. The molecule has 11 nitrogen and oxygen atoms in total. The van der Waals surface area contributed by atoms with E-state index < -0.39 is 62.0 Å². The molecule has 9 N–H and O–H groups in total. The van der Waals surface area contributed by atoms with Crippen molar-refractivity contribution in [3.8, 4) is 0 Å². The topological polar surface area (TPSA) is 195 Å². The molecule has 0 aliphatic carbocycles. The molecule has 132 valence electrons. The number of hydrogen-bond donors (Lipinski definition) is 8. The van der Waals surface area contributed by atoms with E-state index in [0.29, 0.717) is 0 Å². The van der Waals surface area contributed by atoms with Crippen molar-refractivity contribution in [2.45, 2.75) is 55.4 Å². The van der Waals surface area contributed by atoms with Crippen LogP contribution in [0.25, 0.3) is 0 Å². The maximum Gasteiger partial charge on any atom is 0.189 e. The van der Waals surface area contributed by atoms with Gasteiger partial charge < -0.3 is 55.7 Å². The van der Waals surface area contributed by atoms with Gasteiger partial charge in [-0.1, -0.05) is 0 Å². The molecule has 0 aromatic heterocycles. The van der Waals surface area contributed by atoms with Crippen LogP contribution in [0.15, 0.2) is 0 Å². The largest absolute Gasteiger partial charge is 0.387 e. The number of rotatable bonds is 7. The Hall–Kier alpha value is -0.440. The Morgan fingerprint density at radius 3 is 2.09 bits per heavy atom. The molecular formula is C11H23NO10. The van der Waals surface area contributed by atoms with Crippen LogP contribution in [-0.2, 0) is 14.2 Å². The summed E-state index contributed by atoms with van der Waals surface area (Å²) in [6, 6.07) is 0. The van der Waals surface area contributed by atoms with Crippen LogP contribution < -0.4 is 5.73 Å². The van der Waals surface area contributed by atoms with Crippen LogP contribution in [0, 0.1) is 0 Å². The van der Waals surface area contributed by atoms with Crippen molar-refractivity contribution in [2.24, 2.45) is 5.73 Å². The lowest BCUT2D eigenvalue weighted by molar-refractivity contribution is -0.344. The van der Waals surface area contributed by atoms with Crippen molar-refractivity contribution in [2.75, 3.05) is 13.7 Å². The Labute approximate surface area is 126 Å². The molecule has 0 radical (unpaired) electrons. The molecule has 0 amide bonds. The predicted molar refractivity (Wildman–Crippen MR) is 67.9 cm³/mol. The van der Waals surface area contributed by atoms with Crippen molar-refractivity contribution in [1.29, 1.82) is 0 Å². The van der Waals surface area contributed by atoms with Gasteiger partial charge in [-0.25, -0.2) is 0 Å². The van der Waals surface area contributed by atoms with Crippen molar-refractivity contribution >= 4 is 0 Å². The Bertz CT molecular complexity index is 332. The lowest BCUT2D eigenvalue weighted by atomic mass is 10.0. The SMILES string of the molecule is COC(COC1OC(O)C(O)C(O)C1O)C(O)C(O)C(N)O. The molecule has 0 aromatic carbocycles. The van der Waals surface area contributed by atoms with Gasteiger partial charge >= 0.3 is 0 Å². The summed E-state index contributed by atoms with van der Waals surface area (Å²) in [5.74, 6) is 0. The number of methoxy groups -OCH3 is 1. The van der Waals surface area contributed by atoms with Gasteiger partial charge in [-0.15, -0.1) is 0 Å². The maximum absolute atomic E-state index is 9.75. The summed E-state index contributed by atoms with van der Waals surface area (Å²) in [7, 11) is 1.19. The van der Waals surface area contributed by atoms with Crippen LogP contribution in [0.5, 0.6) is 0 Å². The molecule has 1 heterocycles. The number of aliphatic hydroxyl groups excluding tert-OH is 7. The van der Waals surface area contributed by atoms with Crippen LogP contribution in [0.4, 0.5) is 0 Å². The minimum absolute atomic E-state index is 0.432. The van der Waals surface area contributed by atoms with Crippen LogP contribution >= 0.6 is 0 Å². The van der Waals surface area contributed by atoms with Gasteiger partial charge in [0.15, 0.2) is 12.6 Å². The predicted octanol–water partition coefficient (Wildman–Crippen LogP) is -5.23. The highest BCUT2D eigenvalue weighted by Crippen LogP contribution is 2.21. The average molecular weight is 329 g/mol. The zero-order valence-electron chi connectivity index (χ0n) is 11.8. The fraction of sp³-hybridized carbons (Fsp3) is 1.00. The molecule has 22 heavy (non-hydrogen) atoms. The van der Waals surface area contributed by atoms with Gasteiger partial charge in [-0.3, -0.25) is 0 Å². The summed E-state index contributed by atoms with van der Waals surface area (Å²) >= 11 is 0. The number of ether oxygens (including phenoxy) is 3. The fourth-order valence-corrected chi connectivity index (χ4v) is 1.89. The van der Waals surface area contributed by atoms with Crippen molar-refractivity contribution in [3.05, 3.63) is 0 Å². The number of aliphatic hydroxyl groups is 7. The number of hydrogen-bond acceptors (Lipinski definition) is 11. The summed E-state index contributed by atoms with van der Waals surface area (Å²) in [4.78, 5) is 0. The second-order valence-electron chi connectivity index (χ2n) is 4.95. The highest BCUT2D eigenvalue weighted by Gasteiger charge is 2.44. The smallest absolute Gasteiger partial charge is 0.189 e. The molecule has 1 aliphatic heterocycles. The molecule has 1 fully saturated rings. The van der Waals surface area contributed by atoms with Gasteiger partial charge in [0.1, 0.15) is 42.9 Å². The fourth-order valence-electron chi connectivity index (χ4n) is 1.89. The summed E-state index contributed by atoms with van der Waals surface area (Å²) in [5.41, 5.74) is 5.03. The van der Waals surface area contributed by atoms with Gasteiger partial charge in [0.05, 0.1) is 6.61 Å². The first-order chi connectivity index (χ1) is 10.2. The van der Waals surface area contributed by atoms with Crippen molar-refractivity contribution in [1.82, 2.24) is 0 Å². The second kappa shape index (κ2) is 8.42.